The van der Waals surface area contributed by atoms with Crippen molar-refractivity contribution in [2.45, 2.75) is 17.7 Å². The summed E-state index contributed by atoms with van der Waals surface area (Å²) in [5.41, 5.74) is 0.853. The third-order valence-corrected chi connectivity index (χ3v) is 6.31. The number of carbonyl (C=O) groups excluding carboxylic acids is 2. The molecule has 0 saturated carbocycles. The first-order valence-electron chi connectivity index (χ1n) is 8.71. The van der Waals surface area contributed by atoms with E-state index in [9.17, 15) is 9.59 Å². The predicted molar refractivity (Wildman–Crippen MR) is 109 cm³/mol. The minimum absolute atomic E-state index is 0.0361. The Hall–Kier alpha value is -2.45. The third-order valence-electron chi connectivity index (χ3n) is 4.46. The topological polar surface area (TPSA) is 75.2 Å². The van der Waals surface area contributed by atoms with Crippen LogP contribution in [0.25, 0.3) is 10.8 Å². The first-order valence-corrected chi connectivity index (χ1v) is 10.5. The summed E-state index contributed by atoms with van der Waals surface area (Å²) < 4.78 is 0.827. The Labute approximate surface area is 165 Å². The third kappa shape index (κ3) is 3.68. The van der Waals surface area contributed by atoms with Crippen LogP contribution in [0.15, 0.2) is 46.8 Å². The predicted octanol–water partition coefficient (Wildman–Crippen LogP) is 3.79. The number of aromatic nitrogens is 2. The normalized spacial score (nSPS) is 16.9. The van der Waals surface area contributed by atoms with Crippen LogP contribution in [-0.2, 0) is 9.59 Å². The minimum Gasteiger partial charge on any atom is -0.311 e. The summed E-state index contributed by atoms with van der Waals surface area (Å²) in [6.45, 7) is 2.41. The van der Waals surface area contributed by atoms with Crippen LogP contribution in [0.2, 0.25) is 0 Å². The van der Waals surface area contributed by atoms with Crippen LogP contribution < -0.4 is 10.2 Å². The van der Waals surface area contributed by atoms with Crippen molar-refractivity contribution >= 4 is 56.5 Å². The van der Waals surface area contributed by atoms with Crippen molar-refractivity contribution in [3.63, 3.8) is 0 Å². The van der Waals surface area contributed by atoms with Crippen LogP contribution in [0.1, 0.15) is 13.3 Å². The fourth-order valence-electron chi connectivity index (χ4n) is 3.21. The van der Waals surface area contributed by atoms with Gasteiger partial charge in [-0.15, -0.1) is 10.2 Å². The molecule has 2 heterocycles. The summed E-state index contributed by atoms with van der Waals surface area (Å²) in [7, 11) is 0. The second kappa shape index (κ2) is 7.66. The Morgan fingerprint density at radius 1 is 1.26 bits per heavy atom. The van der Waals surface area contributed by atoms with E-state index in [1.807, 2.05) is 49.4 Å². The van der Waals surface area contributed by atoms with Crippen molar-refractivity contribution < 1.29 is 9.59 Å². The largest absolute Gasteiger partial charge is 0.311 e. The van der Waals surface area contributed by atoms with E-state index >= 15 is 0 Å². The number of hydrogen-bond acceptors (Lipinski definition) is 6. The maximum Gasteiger partial charge on any atom is 0.231 e. The van der Waals surface area contributed by atoms with Crippen molar-refractivity contribution in [2.24, 2.45) is 5.92 Å². The molecule has 0 radical (unpaired) electrons. The molecule has 0 spiro atoms. The lowest BCUT2D eigenvalue weighted by atomic mass is 10.1. The molecule has 4 rings (SSSR count). The second-order valence-electron chi connectivity index (χ2n) is 6.20. The molecule has 2 amide bonds. The molecule has 27 heavy (non-hydrogen) atoms. The highest BCUT2D eigenvalue weighted by Crippen LogP contribution is 2.32. The van der Waals surface area contributed by atoms with E-state index in [2.05, 4.69) is 15.5 Å². The van der Waals surface area contributed by atoms with Gasteiger partial charge in [0.15, 0.2) is 4.34 Å². The number of nitrogens with one attached hydrogen (secondary N) is 1. The van der Waals surface area contributed by atoms with Crippen LogP contribution in [-0.4, -0.2) is 34.3 Å². The lowest BCUT2D eigenvalue weighted by Gasteiger charge is -2.18. The van der Waals surface area contributed by atoms with Crippen molar-refractivity contribution in [3.05, 3.63) is 42.5 Å². The average Bonchev–Trinajstić information content (AvgIpc) is 3.28. The van der Waals surface area contributed by atoms with Gasteiger partial charge in [-0.1, -0.05) is 66.4 Å². The first kappa shape index (κ1) is 17.9. The number of benzene rings is 2. The van der Waals surface area contributed by atoms with Gasteiger partial charge in [0.25, 0.3) is 0 Å². The molecule has 1 aliphatic heterocycles. The number of amides is 2. The molecular formula is C19H18N4O2S2. The molecule has 1 aliphatic rings. The molecule has 1 fully saturated rings. The van der Waals surface area contributed by atoms with Crippen molar-refractivity contribution in [2.75, 3.05) is 22.5 Å². The molecule has 1 atom stereocenters. The van der Waals surface area contributed by atoms with Crippen LogP contribution >= 0.6 is 23.1 Å². The summed E-state index contributed by atoms with van der Waals surface area (Å²) in [6.07, 6.45) is 0.199. The quantitative estimate of drug-likeness (QED) is 0.523. The van der Waals surface area contributed by atoms with Gasteiger partial charge < -0.3 is 10.2 Å². The molecule has 0 bridgehead atoms. The highest BCUT2D eigenvalue weighted by atomic mass is 32.2. The fourth-order valence-corrected chi connectivity index (χ4v) is 4.86. The van der Waals surface area contributed by atoms with Crippen LogP contribution in [0, 0.1) is 5.92 Å². The summed E-state index contributed by atoms with van der Waals surface area (Å²) >= 11 is 2.94. The smallest absolute Gasteiger partial charge is 0.231 e. The summed E-state index contributed by atoms with van der Waals surface area (Å²) in [4.78, 5) is 26.9. The maximum absolute atomic E-state index is 12.6. The molecule has 8 heteroatoms. The Morgan fingerprint density at radius 3 is 2.93 bits per heavy atom. The van der Waals surface area contributed by atoms with Crippen LogP contribution in [0.4, 0.5) is 10.8 Å². The lowest BCUT2D eigenvalue weighted by molar-refractivity contribution is -0.122. The molecule has 1 saturated heterocycles. The Morgan fingerprint density at radius 2 is 2.07 bits per heavy atom. The Bertz CT molecular complexity index is 999. The number of carbonyl (C=O) groups is 2. The number of nitrogens with zero attached hydrogens (tertiary/aromatic N) is 3. The Kier molecular flexibility index (Phi) is 5.09. The zero-order valence-corrected chi connectivity index (χ0v) is 16.3. The molecule has 0 aliphatic carbocycles. The van der Waals surface area contributed by atoms with Gasteiger partial charge in [0.1, 0.15) is 0 Å². The fraction of sp³-hybridized carbons (Fsp3) is 0.263. The number of thioether (sulfide) groups is 1. The second-order valence-corrected chi connectivity index (χ2v) is 8.69. The summed E-state index contributed by atoms with van der Waals surface area (Å²) in [5.74, 6) is 0.281. The highest BCUT2D eigenvalue weighted by molar-refractivity contribution is 8.01. The SMILES string of the molecule is CCSc1nnc(NC(=O)[C@H]2CC(=O)N(c3cccc4ccccc34)C2)s1. The highest BCUT2D eigenvalue weighted by Gasteiger charge is 2.36. The van der Waals surface area contributed by atoms with Gasteiger partial charge in [-0.25, -0.2) is 0 Å². The van der Waals surface area contributed by atoms with Crippen molar-refractivity contribution in [1.29, 1.82) is 0 Å². The van der Waals surface area contributed by atoms with E-state index in [0.717, 1.165) is 26.6 Å². The molecule has 1 N–H and O–H groups in total. The molecule has 6 nitrogen and oxygen atoms in total. The molecule has 0 unspecified atom stereocenters. The summed E-state index contributed by atoms with van der Waals surface area (Å²) in [5, 5.41) is 13.4. The van der Waals surface area contributed by atoms with E-state index in [-0.39, 0.29) is 18.2 Å². The zero-order chi connectivity index (χ0) is 18.8. The summed E-state index contributed by atoms with van der Waals surface area (Å²) in [6, 6.07) is 13.8. The molecule has 138 valence electrons. The van der Waals surface area contributed by atoms with Gasteiger partial charge in [0.05, 0.1) is 11.6 Å². The van der Waals surface area contributed by atoms with E-state index in [4.69, 9.17) is 0 Å². The first-order chi connectivity index (χ1) is 13.2. The van der Waals surface area contributed by atoms with Crippen molar-refractivity contribution in [1.82, 2.24) is 10.2 Å². The lowest BCUT2D eigenvalue weighted by Crippen LogP contribution is -2.28. The van der Waals surface area contributed by atoms with Crippen molar-refractivity contribution in [3.8, 4) is 0 Å². The van der Waals surface area contributed by atoms with E-state index in [0.29, 0.717) is 11.7 Å². The minimum atomic E-state index is -0.400. The van der Waals surface area contributed by atoms with Gasteiger partial charge in [0, 0.05) is 18.4 Å². The number of anilines is 2. The van der Waals surface area contributed by atoms with Gasteiger partial charge in [-0.2, -0.15) is 0 Å². The number of rotatable bonds is 5. The average molecular weight is 399 g/mol. The van der Waals surface area contributed by atoms with E-state index in [1.54, 1.807) is 16.7 Å². The number of fused-ring (bicyclic) bond motifs is 1. The molecule has 2 aromatic carbocycles. The van der Waals surface area contributed by atoms with Gasteiger partial charge >= 0.3 is 0 Å². The number of hydrogen-bond donors (Lipinski definition) is 1. The monoisotopic (exact) mass is 398 g/mol. The standard InChI is InChI=1S/C19H18N4O2S2/c1-2-26-19-22-21-18(27-19)20-17(25)13-10-16(24)23(11-13)15-9-5-7-12-6-3-4-8-14(12)15/h3-9,13H,2,10-11H2,1H3,(H,20,21,25)/t13-/m0/s1. The van der Waals surface area contributed by atoms with E-state index < -0.39 is 5.92 Å². The zero-order valence-electron chi connectivity index (χ0n) is 14.7. The van der Waals surface area contributed by atoms with Crippen LogP contribution in [0.3, 0.4) is 0 Å². The molecular weight excluding hydrogens is 380 g/mol. The molecule has 3 aromatic rings. The van der Waals surface area contributed by atoms with Gasteiger partial charge in [-0.3, -0.25) is 9.59 Å². The van der Waals surface area contributed by atoms with Crippen LogP contribution in [0.5, 0.6) is 0 Å². The van der Waals surface area contributed by atoms with Gasteiger partial charge in [0.2, 0.25) is 16.9 Å². The van der Waals surface area contributed by atoms with Gasteiger partial charge in [-0.05, 0) is 17.2 Å². The molecule has 1 aromatic heterocycles. The van der Waals surface area contributed by atoms with E-state index in [1.165, 1.54) is 11.3 Å². The maximum atomic E-state index is 12.6. The Balaban J connectivity index is 1.50.